The molecule has 0 amide bonds. The van der Waals surface area contributed by atoms with E-state index in [9.17, 15) is 9.90 Å². The third-order valence-electron chi connectivity index (χ3n) is 5.14. The number of nitrogens with one attached hydrogen (secondary N) is 2. The van der Waals surface area contributed by atoms with Crippen molar-refractivity contribution in [3.63, 3.8) is 0 Å². The molecule has 2 aromatic heterocycles. The van der Waals surface area contributed by atoms with Crippen molar-refractivity contribution in [2.45, 2.75) is 20.4 Å². The lowest BCUT2D eigenvalue weighted by Crippen LogP contribution is -2.24. The number of rotatable bonds is 5. The first-order chi connectivity index (χ1) is 14.9. The van der Waals surface area contributed by atoms with Crippen molar-refractivity contribution in [1.82, 2.24) is 14.5 Å². The third-order valence-corrected chi connectivity index (χ3v) is 5.14. The Balaban J connectivity index is 1.90. The molecule has 31 heavy (non-hydrogen) atoms. The Labute approximate surface area is 178 Å². The molecular weight excluding hydrogens is 392 g/mol. The standard InChI is InChI=1S/C23H22N6O2/c1-13-6-5-7-15-10-16(11-26-22-20(14(2)24)21(25)27-12-28-22)29(23(31)19(13)15)17-8-3-4-9-18(17)30/h3-10,12,24,30H,11H2,1-2H3,(H3,25,26,27,28). The van der Waals surface area contributed by atoms with E-state index in [2.05, 4.69) is 15.3 Å². The summed E-state index contributed by atoms with van der Waals surface area (Å²) in [5, 5.41) is 23.0. The molecule has 4 rings (SSSR count). The number of nitrogens with zero attached hydrogens (tertiary/aromatic N) is 3. The van der Waals surface area contributed by atoms with Gasteiger partial charge in [0, 0.05) is 11.4 Å². The molecule has 8 heteroatoms. The zero-order valence-electron chi connectivity index (χ0n) is 17.2. The maximum Gasteiger partial charge on any atom is 0.263 e. The normalized spacial score (nSPS) is 10.9. The minimum absolute atomic E-state index is 0.00101. The Bertz CT molecular complexity index is 1380. The summed E-state index contributed by atoms with van der Waals surface area (Å²) >= 11 is 0. The van der Waals surface area contributed by atoms with Crippen LogP contribution < -0.4 is 16.6 Å². The van der Waals surface area contributed by atoms with E-state index in [4.69, 9.17) is 11.1 Å². The van der Waals surface area contributed by atoms with Gasteiger partial charge in [-0.2, -0.15) is 0 Å². The van der Waals surface area contributed by atoms with E-state index in [1.54, 1.807) is 31.2 Å². The van der Waals surface area contributed by atoms with Crippen molar-refractivity contribution in [2.75, 3.05) is 11.1 Å². The lowest BCUT2D eigenvalue weighted by Gasteiger charge is -2.18. The summed E-state index contributed by atoms with van der Waals surface area (Å²) in [6, 6.07) is 14.3. The van der Waals surface area contributed by atoms with Crippen LogP contribution in [0.2, 0.25) is 0 Å². The Morgan fingerprint density at radius 2 is 1.97 bits per heavy atom. The number of phenols is 1. The Morgan fingerprint density at radius 3 is 2.71 bits per heavy atom. The second kappa shape index (κ2) is 7.91. The number of aromatic hydroxyl groups is 1. The second-order valence-electron chi connectivity index (χ2n) is 7.27. The molecule has 8 nitrogen and oxygen atoms in total. The molecule has 0 saturated carbocycles. The molecule has 0 unspecified atom stereocenters. The first-order valence-electron chi connectivity index (χ1n) is 9.71. The Hall–Kier alpha value is -4.20. The predicted molar refractivity (Wildman–Crippen MR) is 122 cm³/mol. The van der Waals surface area contributed by atoms with Crippen LogP contribution in [0, 0.1) is 12.3 Å². The van der Waals surface area contributed by atoms with E-state index in [1.165, 1.54) is 10.9 Å². The van der Waals surface area contributed by atoms with Gasteiger partial charge in [-0.15, -0.1) is 0 Å². The number of nitrogen functional groups attached to an aromatic ring is 1. The number of fused-ring (bicyclic) bond motifs is 1. The van der Waals surface area contributed by atoms with Crippen LogP contribution in [0.5, 0.6) is 5.75 Å². The van der Waals surface area contributed by atoms with Gasteiger partial charge in [0.15, 0.2) is 0 Å². The molecule has 156 valence electrons. The number of hydrogen-bond donors (Lipinski definition) is 4. The minimum atomic E-state index is -0.223. The van der Waals surface area contributed by atoms with Crippen LogP contribution >= 0.6 is 0 Å². The highest BCUT2D eigenvalue weighted by molar-refractivity contribution is 6.04. The first-order valence-corrected chi connectivity index (χ1v) is 9.71. The average Bonchev–Trinajstić information content (AvgIpc) is 2.73. The molecule has 5 N–H and O–H groups in total. The van der Waals surface area contributed by atoms with Crippen LogP contribution in [-0.2, 0) is 6.54 Å². The van der Waals surface area contributed by atoms with Gasteiger partial charge in [-0.1, -0.05) is 30.3 Å². The maximum absolute atomic E-state index is 13.5. The molecule has 0 bridgehead atoms. The summed E-state index contributed by atoms with van der Waals surface area (Å²) in [6.45, 7) is 3.71. The number of benzene rings is 2. The molecular formula is C23H22N6O2. The second-order valence-corrected chi connectivity index (χ2v) is 7.27. The lowest BCUT2D eigenvalue weighted by molar-refractivity contribution is 0.471. The number of anilines is 2. The van der Waals surface area contributed by atoms with Gasteiger partial charge in [-0.25, -0.2) is 9.97 Å². The zero-order chi connectivity index (χ0) is 22.1. The largest absolute Gasteiger partial charge is 0.506 e. The molecule has 0 saturated heterocycles. The molecule has 0 aliphatic heterocycles. The van der Waals surface area contributed by atoms with E-state index in [1.807, 2.05) is 31.2 Å². The van der Waals surface area contributed by atoms with Crippen LogP contribution in [-0.4, -0.2) is 25.4 Å². The summed E-state index contributed by atoms with van der Waals surface area (Å²) < 4.78 is 1.50. The van der Waals surface area contributed by atoms with Crippen molar-refractivity contribution in [3.8, 4) is 11.4 Å². The molecule has 4 aromatic rings. The van der Waals surface area contributed by atoms with Gasteiger partial charge in [0.1, 0.15) is 23.7 Å². The number of para-hydroxylation sites is 2. The molecule has 0 aliphatic rings. The van der Waals surface area contributed by atoms with Gasteiger partial charge in [0.2, 0.25) is 0 Å². The number of phenolic OH excluding ortho intramolecular Hbond substituents is 1. The van der Waals surface area contributed by atoms with E-state index in [0.717, 1.165) is 10.9 Å². The van der Waals surface area contributed by atoms with Gasteiger partial charge >= 0.3 is 0 Å². The fourth-order valence-electron chi connectivity index (χ4n) is 3.71. The van der Waals surface area contributed by atoms with E-state index >= 15 is 0 Å². The van der Waals surface area contributed by atoms with Gasteiger partial charge in [-0.05, 0) is 43.0 Å². The van der Waals surface area contributed by atoms with E-state index in [0.29, 0.717) is 28.1 Å². The van der Waals surface area contributed by atoms with Gasteiger partial charge in [0.25, 0.3) is 5.56 Å². The molecule has 0 aliphatic carbocycles. The summed E-state index contributed by atoms with van der Waals surface area (Å²) in [5.41, 5.74) is 8.21. The van der Waals surface area contributed by atoms with Crippen molar-refractivity contribution in [1.29, 1.82) is 5.41 Å². The average molecular weight is 414 g/mol. The number of nitrogens with two attached hydrogens (primary N) is 1. The molecule has 0 spiro atoms. The van der Waals surface area contributed by atoms with Crippen LogP contribution in [0.25, 0.3) is 16.5 Å². The van der Waals surface area contributed by atoms with Gasteiger partial charge in [0.05, 0.1) is 23.2 Å². The van der Waals surface area contributed by atoms with E-state index < -0.39 is 0 Å². The highest BCUT2D eigenvalue weighted by Gasteiger charge is 2.17. The molecule has 0 fully saturated rings. The Kier molecular flexibility index (Phi) is 5.12. The molecule has 0 radical (unpaired) electrons. The van der Waals surface area contributed by atoms with Crippen LogP contribution in [0.1, 0.15) is 23.7 Å². The van der Waals surface area contributed by atoms with Crippen LogP contribution in [0.15, 0.2) is 59.7 Å². The van der Waals surface area contributed by atoms with Gasteiger partial charge < -0.3 is 21.6 Å². The van der Waals surface area contributed by atoms with E-state index in [-0.39, 0.29) is 29.4 Å². The molecule has 0 atom stereocenters. The topological polar surface area (TPSA) is 130 Å². The predicted octanol–water partition coefficient (Wildman–Crippen LogP) is 3.38. The summed E-state index contributed by atoms with van der Waals surface area (Å²) in [5.74, 6) is 0.610. The third kappa shape index (κ3) is 3.59. The minimum Gasteiger partial charge on any atom is -0.506 e. The van der Waals surface area contributed by atoms with Crippen molar-refractivity contribution in [3.05, 3.63) is 82.0 Å². The number of aromatic nitrogens is 3. The fourth-order valence-corrected chi connectivity index (χ4v) is 3.71. The smallest absolute Gasteiger partial charge is 0.263 e. The monoisotopic (exact) mass is 414 g/mol. The van der Waals surface area contributed by atoms with Gasteiger partial charge in [-0.3, -0.25) is 9.36 Å². The van der Waals surface area contributed by atoms with Crippen molar-refractivity contribution in [2.24, 2.45) is 0 Å². The molecule has 2 heterocycles. The van der Waals surface area contributed by atoms with Crippen molar-refractivity contribution >= 4 is 28.1 Å². The quantitative estimate of drug-likeness (QED) is 0.371. The summed E-state index contributed by atoms with van der Waals surface area (Å²) in [6.07, 6.45) is 1.32. The lowest BCUT2D eigenvalue weighted by atomic mass is 10.1. The fraction of sp³-hybridized carbons (Fsp3) is 0.130. The van der Waals surface area contributed by atoms with Crippen LogP contribution in [0.3, 0.4) is 0 Å². The highest BCUT2D eigenvalue weighted by atomic mass is 16.3. The highest BCUT2D eigenvalue weighted by Crippen LogP contribution is 2.25. The maximum atomic E-state index is 13.5. The molecule has 2 aromatic carbocycles. The first kappa shape index (κ1) is 20.1. The summed E-state index contributed by atoms with van der Waals surface area (Å²) in [7, 11) is 0. The number of pyridine rings is 1. The summed E-state index contributed by atoms with van der Waals surface area (Å²) in [4.78, 5) is 21.7. The van der Waals surface area contributed by atoms with Crippen LogP contribution in [0.4, 0.5) is 11.6 Å². The SMILES string of the molecule is CC(=N)c1c(N)ncnc1NCc1cc2cccc(C)c2c(=O)n1-c1ccccc1O. The van der Waals surface area contributed by atoms with Crippen molar-refractivity contribution < 1.29 is 5.11 Å². The Morgan fingerprint density at radius 1 is 1.19 bits per heavy atom. The zero-order valence-corrected chi connectivity index (χ0v) is 17.2. The number of aryl methyl sites for hydroxylation is 1. The number of hydrogen-bond acceptors (Lipinski definition) is 7.